The summed E-state index contributed by atoms with van der Waals surface area (Å²) in [7, 11) is 3.21. The highest BCUT2D eigenvalue weighted by Crippen LogP contribution is 2.42. The Bertz CT molecular complexity index is 3220. The molecule has 0 aliphatic heterocycles. The van der Waals surface area contributed by atoms with Crippen molar-refractivity contribution in [3.63, 3.8) is 0 Å². The van der Waals surface area contributed by atoms with Gasteiger partial charge in [0.25, 0.3) is 11.8 Å². The van der Waals surface area contributed by atoms with Gasteiger partial charge in [-0.25, -0.2) is 0 Å². The Kier molecular flexibility index (Phi) is 17.7. The number of carbonyl (C=O) groups excluding carboxylic acids is 2. The number of H-pyrrole nitrogens is 2. The highest BCUT2D eigenvalue weighted by molar-refractivity contribution is 9.11. The number of hydrogen-bond acceptors (Lipinski definition) is 8. The molecule has 0 aliphatic carbocycles. The highest BCUT2D eigenvalue weighted by atomic mass is 79.9. The van der Waals surface area contributed by atoms with Crippen LogP contribution in [0.1, 0.15) is 44.5 Å². The molecule has 10 rings (SSSR count). The van der Waals surface area contributed by atoms with E-state index in [1.807, 2.05) is 231 Å². The molecule has 0 saturated carbocycles. The predicted octanol–water partition coefficient (Wildman–Crippen LogP) is 14.3. The maximum atomic E-state index is 14.4. The van der Waals surface area contributed by atoms with Crippen LogP contribution < -0.4 is 10.6 Å². The topological polar surface area (TPSA) is 133 Å². The van der Waals surface area contributed by atoms with Crippen LogP contribution in [0.15, 0.2) is 250 Å². The molecule has 4 N–H and O–H groups in total. The van der Waals surface area contributed by atoms with E-state index in [-0.39, 0.29) is 36.1 Å². The summed E-state index contributed by atoms with van der Waals surface area (Å²) >= 11 is 7.34. The molecular weight excluding hydrogens is 1140 g/mol. The summed E-state index contributed by atoms with van der Waals surface area (Å²) in [5.41, 5.74) is 6.93. The Balaban J connectivity index is 0.839. The van der Waals surface area contributed by atoms with Crippen molar-refractivity contribution in [1.29, 1.82) is 0 Å². The van der Waals surface area contributed by atoms with E-state index in [1.165, 1.54) is 0 Å². The number of aromatic amines is 2. The zero-order valence-corrected chi connectivity index (χ0v) is 47.1. The second-order valence-electron chi connectivity index (χ2n) is 18.3. The van der Waals surface area contributed by atoms with E-state index in [0.29, 0.717) is 24.6 Å². The summed E-state index contributed by atoms with van der Waals surface area (Å²) in [4.78, 5) is 49.2. The van der Waals surface area contributed by atoms with Crippen LogP contribution in [0.2, 0.25) is 0 Å². The van der Waals surface area contributed by atoms with Gasteiger partial charge in [-0.15, -0.1) is 0 Å². The molecule has 10 aromatic rings. The second-order valence-corrected chi connectivity index (χ2v) is 22.7. The molecule has 0 spiro atoms. The van der Waals surface area contributed by atoms with Gasteiger partial charge in [-0.2, -0.15) is 0 Å². The van der Waals surface area contributed by atoms with Crippen LogP contribution in [0.5, 0.6) is 0 Å². The van der Waals surface area contributed by atoms with Gasteiger partial charge in [-0.3, -0.25) is 9.59 Å². The van der Waals surface area contributed by atoms with E-state index in [2.05, 4.69) is 52.5 Å². The Morgan fingerprint density at radius 3 is 1.01 bits per heavy atom. The first-order valence-electron chi connectivity index (χ1n) is 25.5. The van der Waals surface area contributed by atoms with Crippen molar-refractivity contribution < 1.29 is 19.3 Å². The fourth-order valence-electron chi connectivity index (χ4n) is 9.65. The minimum atomic E-state index is -1.18. The smallest absolute Gasteiger partial charge is 0.269 e. The maximum Gasteiger partial charge on any atom is 0.269 e. The first kappa shape index (κ1) is 53.8. The van der Waals surface area contributed by atoms with Crippen molar-refractivity contribution in [1.82, 2.24) is 20.6 Å². The van der Waals surface area contributed by atoms with Gasteiger partial charge in [0.1, 0.15) is 11.4 Å². The molecule has 14 heteroatoms. The Labute approximate surface area is 478 Å². The van der Waals surface area contributed by atoms with Crippen LogP contribution in [-0.4, -0.2) is 57.8 Å². The van der Waals surface area contributed by atoms with Crippen LogP contribution >= 0.6 is 53.4 Å². The van der Waals surface area contributed by atoms with Crippen molar-refractivity contribution in [2.24, 2.45) is 10.3 Å². The van der Waals surface area contributed by atoms with Gasteiger partial charge in [-0.05, 0) is 55.1 Å². The zero-order valence-electron chi connectivity index (χ0n) is 42.3. The number of aromatic nitrogens is 2. The number of rotatable bonds is 23. The number of oxime groups is 2. The quantitative estimate of drug-likeness (QED) is 0.0166. The number of fused-ring (bicyclic) bond motifs is 2. The molecule has 2 aromatic heterocycles. The molecule has 8 aromatic carbocycles. The summed E-state index contributed by atoms with van der Waals surface area (Å²) < 4.78 is 1.84. The molecule has 2 amide bonds. The van der Waals surface area contributed by atoms with E-state index < -0.39 is 11.2 Å². The number of carbonyl (C=O) groups is 2. The molecule has 0 bridgehead atoms. The molecule has 0 fully saturated rings. The molecule has 390 valence electrons. The lowest BCUT2D eigenvalue weighted by atomic mass is 9.80. The minimum absolute atomic E-state index is 0.207. The molecular formula is C64H54Br2N6O4S2. The number of amides is 2. The van der Waals surface area contributed by atoms with Gasteiger partial charge >= 0.3 is 0 Å². The lowest BCUT2D eigenvalue weighted by Gasteiger charge is -2.33. The Morgan fingerprint density at radius 2 is 0.718 bits per heavy atom. The van der Waals surface area contributed by atoms with Gasteiger partial charge in [0.05, 0.1) is 11.0 Å². The van der Waals surface area contributed by atoms with Gasteiger partial charge in [0.2, 0.25) is 11.2 Å². The van der Waals surface area contributed by atoms with Crippen LogP contribution in [0.4, 0.5) is 0 Å². The summed E-state index contributed by atoms with van der Waals surface area (Å²) in [5.74, 6) is 0.510. The van der Waals surface area contributed by atoms with Crippen molar-refractivity contribution in [3.8, 4) is 0 Å². The zero-order chi connectivity index (χ0) is 53.6. The average molecular weight is 1200 g/mol. The Morgan fingerprint density at radius 1 is 0.423 bits per heavy atom. The molecule has 2 heterocycles. The molecule has 78 heavy (non-hydrogen) atoms. The summed E-state index contributed by atoms with van der Waals surface area (Å²) in [6.45, 7) is 0.729. The molecule has 0 atom stereocenters. The SMILES string of the molecule is O=C(NCCSSCCNC(=O)/C(Cc1c[nH]c2c(Br)cccc12)=N/OC(c1ccccc1)(c1ccccc1)c1ccccc1)/C(Cc1c[nH]c2c(Br)cccc12)=N/OC(c1ccccc1)(c1ccccc1)c1ccccc1. The number of halogens is 2. The number of benzene rings is 8. The van der Waals surface area contributed by atoms with E-state index >= 15 is 0 Å². The van der Waals surface area contributed by atoms with Gasteiger partial charge in [0.15, 0.2) is 0 Å². The summed E-state index contributed by atoms with van der Waals surface area (Å²) in [6.07, 6.45) is 4.24. The van der Waals surface area contributed by atoms with E-state index in [9.17, 15) is 9.59 Å². The number of hydrogen-bond donors (Lipinski definition) is 4. The van der Waals surface area contributed by atoms with Crippen LogP contribution in [0, 0.1) is 0 Å². The van der Waals surface area contributed by atoms with Crippen LogP contribution in [0.3, 0.4) is 0 Å². The van der Waals surface area contributed by atoms with E-state index in [1.54, 1.807) is 21.6 Å². The minimum Gasteiger partial charge on any atom is -0.374 e. The van der Waals surface area contributed by atoms with E-state index in [4.69, 9.17) is 20.0 Å². The van der Waals surface area contributed by atoms with Crippen LogP contribution in [0.25, 0.3) is 21.8 Å². The molecule has 0 radical (unpaired) electrons. The third-order valence-electron chi connectivity index (χ3n) is 13.4. The number of nitrogens with zero attached hydrogens (tertiary/aromatic N) is 2. The van der Waals surface area contributed by atoms with Crippen LogP contribution in [-0.2, 0) is 43.3 Å². The lowest BCUT2D eigenvalue weighted by molar-refractivity contribution is -0.116. The number of nitrogens with one attached hydrogen (secondary N) is 4. The fourth-order valence-corrected chi connectivity index (χ4v) is 12.4. The summed E-state index contributed by atoms with van der Waals surface area (Å²) in [6, 6.07) is 71.8. The standard InChI is InChI=1S/C64H54Br2N6O4S2/c65-55-35-19-33-53-45(43-69-59(53)55)41-57(71-75-63(47-21-7-1-8-22-47,48-23-9-2-10-24-48)49-25-11-3-12-26-49)61(73)67-37-39-77-78-40-38-68-62(74)58(42-46-44-70-60-54(46)34-20-36-56(60)66)72-76-64(50-27-13-4-14-28-50,51-29-15-5-16-30-51)52-31-17-6-18-32-52/h1-36,43-44,69-70H,37-42H2,(H,67,73)(H,68,74)/b71-57+,72-58+. The van der Waals surface area contributed by atoms with Crippen molar-refractivity contribution >= 4 is 98.5 Å². The third kappa shape index (κ3) is 11.9. The van der Waals surface area contributed by atoms with E-state index in [0.717, 1.165) is 75.3 Å². The lowest BCUT2D eigenvalue weighted by Crippen LogP contribution is -2.36. The third-order valence-corrected chi connectivity index (χ3v) is 17.2. The van der Waals surface area contributed by atoms with Crippen molar-refractivity contribution in [2.75, 3.05) is 24.6 Å². The largest absolute Gasteiger partial charge is 0.374 e. The average Bonchev–Trinajstić information content (AvgIpc) is 4.25. The van der Waals surface area contributed by atoms with Gasteiger partial charge in [-0.1, -0.05) is 238 Å². The molecule has 10 nitrogen and oxygen atoms in total. The normalized spacial score (nSPS) is 12.1. The Hall–Kier alpha value is -7.62. The second kappa shape index (κ2) is 25.7. The maximum absolute atomic E-state index is 14.4. The predicted molar refractivity (Wildman–Crippen MR) is 326 cm³/mol. The fraction of sp³-hybridized carbons (Fsp3) is 0.125. The van der Waals surface area contributed by atoms with Gasteiger partial charge in [0, 0.05) is 103 Å². The number of para-hydroxylation sites is 2. The molecule has 0 unspecified atom stereocenters. The monoisotopic (exact) mass is 1190 g/mol. The summed E-state index contributed by atoms with van der Waals surface area (Å²) in [5, 5.41) is 17.8. The van der Waals surface area contributed by atoms with Crippen molar-refractivity contribution in [3.05, 3.63) is 284 Å². The highest BCUT2D eigenvalue weighted by Gasteiger charge is 2.41. The molecule has 0 saturated heterocycles. The van der Waals surface area contributed by atoms with Gasteiger partial charge < -0.3 is 30.3 Å². The molecule has 0 aliphatic rings. The van der Waals surface area contributed by atoms with Crippen molar-refractivity contribution in [2.45, 2.75) is 24.0 Å². The first-order valence-corrected chi connectivity index (χ1v) is 29.6. The first-order chi connectivity index (χ1) is 38.3.